The Hall–Kier alpha value is -3.29. The van der Waals surface area contributed by atoms with Gasteiger partial charge in [-0.3, -0.25) is 19.5 Å². The average Bonchev–Trinajstić information content (AvgIpc) is 3.43. The molecule has 1 aromatic heterocycles. The van der Waals surface area contributed by atoms with Crippen LogP contribution < -0.4 is 0 Å². The molecule has 2 amide bonds. The van der Waals surface area contributed by atoms with Crippen LogP contribution in [0, 0.1) is 17.8 Å². The van der Waals surface area contributed by atoms with Gasteiger partial charge in [0.1, 0.15) is 5.75 Å². The first-order valence-electron chi connectivity index (χ1n) is 13.1. The predicted molar refractivity (Wildman–Crippen MR) is 140 cm³/mol. The lowest BCUT2D eigenvalue weighted by atomic mass is 9.69. The maximum absolute atomic E-state index is 13.3. The number of nitrogens with zero attached hydrogens (tertiary/aromatic N) is 2. The van der Waals surface area contributed by atoms with E-state index in [0.717, 1.165) is 34.4 Å². The quantitative estimate of drug-likeness (QED) is 0.402. The lowest BCUT2D eigenvalue weighted by molar-refractivity contribution is -0.140. The molecule has 2 saturated heterocycles. The number of carbonyl (C=O) groups excluding carboxylic acids is 2. The molecule has 3 heterocycles. The molecule has 2 fully saturated rings. The van der Waals surface area contributed by atoms with Crippen LogP contribution in [0.2, 0.25) is 0 Å². The number of phenolic OH excluding ortho intramolecular Hbond substituents is 1. The van der Waals surface area contributed by atoms with E-state index in [1.165, 1.54) is 4.90 Å². The fourth-order valence-electron chi connectivity index (χ4n) is 6.20. The maximum atomic E-state index is 13.3. The van der Waals surface area contributed by atoms with Gasteiger partial charge < -0.3 is 14.6 Å². The fourth-order valence-corrected chi connectivity index (χ4v) is 6.20. The zero-order valence-electron chi connectivity index (χ0n) is 21.4. The van der Waals surface area contributed by atoms with Gasteiger partial charge in [-0.2, -0.15) is 0 Å². The number of aromatic nitrogens is 1. The van der Waals surface area contributed by atoms with Gasteiger partial charge in [0.05, 0.1) is 36.8 Å². The van der Waals surface area contributed by atoms with Crippen molar-refractivity contribution in [2.75, 3.05) is 26.9 Å². The van der Waals surface area contributed by atoms with Gasteiger partial charge in [0.2, 0.25) is 11.8 Å². The largest absolute Gasteiger partial charge is 0.507 e. The third kappa shape index (κ3) is 4.86. The van der Waals surface area contributed by atoms with Gasteiger partial charge in [0.25, 0.3) is 0 Å². The predicted octanol–water partition coefficient (Wildman–Crippen LogP) is 4.48. The Morgan fingerprint density at radius 1 is 1.16 bits per heavy atom. The Labute approximate surface area is 217 Å². The topological polar surface area (TPSA) is 89.0 Å². The van der Waals surface area contributed by atoms with Gasteiger partial charge in [-0.05, 0) is 66.7 Å². The average molecular weight is 503 g/mol. The maximum Gasteiger partial charge on any atom is 0.233 e. The van der Waals surface area contributed by atoms with E-state index in [2.05, 4.69) is 4.98 Å². The second-order valence-corrected chi connectivity index (χ2v) is 10.1. The van der Waals surface area contributed by atoms with Crippen LogP contribution in [0.3, 0.4) is 0 Å². The minimum atomic E-state index is -0.341. The molecule has 0 radical (unpaired) electrons. The summed E-state index contributed by atoms with van der Waals surface area (Å²) in [6, 6.07) is 13.1. The van der Waals surface area contributed by atoms with Gasteiger partial charge in [-0.25, -0.2) is 0 Å². The molecular weight excluding hydrogens is 468 g/mol. The molecule has 2 aromatic rings. The zero-order valence-corrected chi connectivity index (χ0v) is 21.4. The Kier molecular flexibility index (Phi) is 7.53. The number of para-hydroxylation sites is 1. The highest BCUT2D eigenvalue weighted by molar-refractivity contribution is 6.06. The number of imide groups is 1. The van der Waals surface area contributed by atoms with Crippen LogP contribution in [0.4, 0.5) is 0 Å². The second-order valence-electron chi connectivity index (χ2n) is 10.1. The van der Waals surface area contributed by atoms with Crippen LogP contribution in [0.15, 0.2) is 59.8 Å². The van der Waals surface area contributed by atoms with Crippen molar-refractivity contribution in [2.24, 2.45) is 17.8 Å². The molecule has 0 saturated carbocycles. The molecule has 1 aliphatic carbocycles. The van der Waals surface area contributed by atoms with Gasteiger partial charge >= 0.3 is 0 Å². The number of ether oxygens (including phenoxy) is 2. The van der Waals surface area contributed by atoms with Crippen LogP contribution in [-0.4, -0.2) is 59.8 Å². The van der Waals surface area contributed by atoms with E-state index in [9.17, 15) is 14.7 Å². The highest BCUT2D eigenvalue weighted by Crippen LogP contribution is 2.50. The first-order valence-corrected chi connectivity index (χ1v) is 13.1. The number of carbonyl (C=O) groups is 2. The van der Waals surface area contributed by atoms with E-state index >= 15 is 0 Å². The molecule has 3 aliphatic rings. The normalized spacial score (nSPS) is 25.6. The molecule has 0 spiro atoms. The number of hydrogen-bond donors (Lipinski definition) is 1. The van der Waals surface area contributed by atoms with Gasteiger partial charge in [-0.1, -0.05) is 31.2 Å². The Balaban J connectivity index is 1.42. The highest BCUT2D eigenvalue weighted by Gasteiger charge is 2.56. The highest BCUT2D eigenvalue weighted by atomic mass is 16.5. The number of pyridine rings is 1. The molecule has 1 aromatic carbocycles. The summed E-state index contributed by atoms with van der Waals surface area (Å²) in [5, 5.41) is 10.4. The first-order chi connectivity index (χ1) is 18.0. The lowest BCUT2D eigenvalue weighted by Gasteiger charge is -2.31. The Bertz CT molecular complexity index is 1220. The molecule has 0 unspecified atom stereocenters. The summed E-state index contributed by atoms with van der Waals surface area (Å²) >= 11 is 0. The van der Waals surface area contributed by atoms with Gasteiger partial charge in [0.15, 0.2) is 0 Å². The molecule has 7 nitrogen and oxygen atoms in total. The van der Waals surface area contributed by atoms with E-state index in [1.54, 1.807) is 25.4 Å². The van der Waals surface area contributed by atoms with Crippen molar-refractivity contribution in [1.29, 1.82) is 0 Å². The number of rotatable bonds is 9. The van der Waals surface area contributed by atoms with E-state index in [0.29, 0.717) is 39.0 Å². The van der Waals surface area contributed by atoms with Gasteiger partial charge in [-0.15, -0.1) is 0 Å². The smallest absolute Gasteiger partial charge is 0.233 e. The van der Waals surface area contributed by atoms with E-state index in [1.807, 2.05) is 43.3 Å². The monoisotopic (exact) mass is 502 g/mol. The van der Waals surface area contributed by atoms with Crippen molar-refractivity contribution in [3.05, 3.63) is 71.1 Å². The summed E-state index contributed by atoms with van der Waals surface area (Å²) in [5.41, 5.74) is 4.82. The summed E-state index contributed by atoms with van der Waals surface area (Å²) in [5.74, 6) is -0.619. The third-order valence-corrected chi connectivity index (χ3v) is 7.80. The van der Waals surface area contributed by atoms with E-state index in [-0.39, 0.29) is 41.4 Å². The van der Waals surface area contributed by atoms with Crippen LogP contribution in [0.5, 0.6) is 5.75 Å². The molecule has 194 valence electrons. The number of amides is 2. The van der Waals surface area contributed by atoms with Crippen LogP contribution >= 0.6 is 0 Å². The van der Waals surface area contributed by atoms with Crippen LogP contribution in [0.1, 0.15) is 43.9 Å². The summed E-state index contributed by atoms with van der Waals surface area (Å²) in [4.78, 5) is 32.4. The van der Waals surface area contributed by atoms with Crippen LogP contribution in [0.25, 0.3) is 11.6 Å². The summed E-state index contributed by atoms with van der Waals surface area (Å²) < 4.78 is 11.9. The van der Waals surface area contributed by atoms with Crippen molar-refractivity contribution in [3.63, 3.8) is 0 Å². The molecular formula is C30H34N2O5. The second kappa shape index (κ2) is 11.0. The number of fused-ring (bicyclic) bond motifs is 3. The molecule has 4 atom stereocenters. The van der Waals surface area contributed by atoms with Crippen molar-refractivity contribution < 1.29 is 24.2 Å². The standard InChI is InChI=1S/C30H34N2O5/c1-3-14-32-29(34)22-16-21(17-36-2)27-23(28(22)30(32)35)18-37-26(27)12-11-19(24-9-6-7-13-31-24)15-20-8-4-5-10-25(20)33/h4-10,13,15,22-23,26,28,33H,3,11-12,14,16-18H2,1-2H3/b19-15-/t22-,23+,26-,28-/m1/s1. The zero-order chi connectivity index (χ0) is 25.9. The van der Waals surface area contributed by atoms with Crippen molar-refractivity contribution in [3.8, 4) is 5.75 Å². The molecule has 0 bridgehead atoms. The van der Waals surface area contributed by atoms with Crippen LogP contribution in [-0.2, 0) is 19.1 Å². The van der Waals surface area contributed by atoms with Crippen molar-refractivity contribution in [2.45, 2.75) is 38.7 Å². The minimum absolute atomic E-state index is 0.0454. The molecule has 1 N–H and O–H groups in total. The summed E-state index contributed by atoms with van der Waals surface area (Å²) in [7, 11) is 1.67. The van der Waals surface area contributed by atoms with Crippen molar-refractivity contribution >= 4 is 23.5 Å². The Morgan fingerprint density at radius 2 is 1.97 bits per heavy atom. The van der Waals surface area contributed by atoms with E-state index < -0.39 is 0 Å². The molecule has 37 heavy (non-hydrogen) atoms. The van der Waals surface area contributed by atoms with Gasteiger partial charge in [0, 0.05) is 31.3 Å². The number of hydrogen-bond acceptors (Lipinski definition) is 6. The SMILES string of the molecule is CCCN1C(=O)[C@@H]2[C@@H](CC(COC)=C3[C@@H](CC/C(=C/c4ccccc4O)c4ccccn4)OC[C@@H]32)C1=O. The third-order valence-electron chi connectivity index (χ3n) is 7.80. The molecule has 2 aliphatic heterocycles. The van der Waals surface area contributed by atoms with Crippen molar-refractivity contribution in [1.82, 2.24) is 9.88 Å². The molecule has 5 rings (SSSR count). The number of aromatic hydroxyl groups is 1. The molecule has 7 heteroatoms. The lowest BCUT2D eigenvalue weighted by Crippen LogP contribution is -2.35. The van der Waals surface area contributed by atoms with E-state index in [4.69, 9.17) is 9.47 Å². The number of methoxy groups -OCH3 is 1. The fraction of sp³-hybridized carbons (Fsp3) is 0.433. The Morgan fingerprint density at radius 3 is 2.70 bits per heavy atom. The summed E-state index contributed by atoms with van der Waals surface area (Å²) in [6.07, 6.45) is 6.27. The minimum Gasteiger partial charge on any atom is -0.507 e. The number of benzene rings is 1. The number of allylic oxidation sites excluding steroid dienone is 1. The summed E-state index contributed by atoms with van der Waals surface area (Å²) in [6.45, 7) is 3.33. The first kappa shape index (κ1) is 25.4. The number of phenols is 1. The number of likely N-dealkylation sites (tertiary alicyclic amines) is 1.